The van der Waals surface area contributed by atoms with E-state index in [1.165, 1.54) is 12.1 Å². The van der Waals surface area contributed by atoms with Crippen LogP contribution in [0.5, 0.6) is 11.5 Å². The quantitative estimate of drug-likeness (QED) is 0.442. The van der Waals surface area contributed by atoms with Crippen LogP contribution in [0.15, 0.2) is 40.9 Å². The Kier molecular flexibility index (Phi) is 5.11. The molecule has 0 unspecified atom stereocenters. The van der Waals surface area contributed by atoms with Crippen LogP contribution in [0, 0.1) is 10.1 Å². The molecule has 0 spiro atoms. The molecule has 6 nitrogen and oxygen atoms in total. The first kappa shape index (κ1) is 16.0. The van der Waals surface area contributed by atoms with Gasteiger partial charge in [-0.25, -0.2) is 0 Å². The minimum Gasteiger partial charge on any atom is -0.497 e. The number of carbonyl (C=O) groups is 1. The fourth-order valence-electron chi connectivity index (χ4n) is 1.86. The minimum atomic E-state index is -0.585. The van der Waals surface area contributed by atoms with Crippen LogP contribution in [0.2, 0.25) is 0 Å². The van der Waals surface area contributed by atoms with Crippen LogP contribution >= 0.6 is 15.9 Å². The van der Waals surface area contributed by atoms with E-state index in [1.54, 1.807) is 25.3 Å². The second-order valence-electron chi connectivity index (χ2n) is 4.37. The molecule has 0 heterocycles. The van der Waals surface area contributed by atoms with Gasteiger partial charge < -0.3 is 9.47 Å². The molecule has 22 heavy (non-hydrogen) atoms. The highest BCUT2D eigenvalue weighted by atomic mass is 79.9. The first-order valence-electron chi connectivity index (χ1n) is 6.24. The molecule has 2 rings (SSSR count). The highest BCUT2D eigenvalue weighted by Crippen LogP contribution is 2.36. The van der Waals surface area contributed by atoms with Gasteiger partial charge in [0.1, 0.15) is 18.6 Å². The number of halogens is 1. The van der Waals surface area contributed by atoms with Crippen molar-refractivity contribution in [2.45, 2.75) is 6.61 Å². The van der Waals surface area contributed by atoms with Gasteiger partial charge in [0.15, 0.2) is 0 Å². The molecule has 0 aliphatic carbocycles. The summed E-state index contributed by atoms with van der Waals surface area (Å²) in [6, 6.07) is 9.85. The predicted octanol–water partition coefficient (Wildman–Crippen LogP) is 3.76. The monoisotopic (exact) mass is 365 g/mol. The third-order valence-electron chi connectivity index (χ3n) is 2.90. The molecule has 0 aromatic heterocycles. The molecule has 0 atom stereocenters. The summed E-state index contributed by atoms with van der Waals surface area (Å²) in [5.41, 5.74) is 0.742. The number of nitro benzene ring substituents is 1. The first-order chi connectivity index (χ1) is 10.5. The van der Waals surface area contributed by atoms with E-state index in [1.807, 2.05) is 6.07 Å². The lowest BCUT2D eigenvalue weighted by atomic mass is 10.2. The molecular weight excluding hydrogens is 354 g/mol. The van der Waals surface area contributed by atoms with Crippen LogP contribution in [0.3, 0.4) is 0 Å². The Morgan fingerprint density at radius 1 is 1.32 bits per heavy atom. The summed E-state index contributed by atoms with van der Waals surface area (Å²) >= 11 is 3.20. The molecule has 7 heteroatoms. The second-order valence-corrected chi connectivity index (χ2v) is 5.22. The normalized spacial score (nSPS) is 10.1. The Labute approximate surface area is 134 Å². The Balaban J connectivity index is 2.28. The van der Waals surface area contributed by atoms with Crippen LogP contribution in [0.1, 0.15) is 15.9 Å². The summed E-state index contributed by atoms with van der Waals surface area (Å²) in [7, 11) is 1.56. The molecule has 114 valence electrons. The van der Waals surface area contributed by atoms with Crippen LogP contribution in [0.4, 0.5) is 5.69 Å². The largest absolute Gasteiger partial charge is 0.497 e. The zero-order chi connectivity index (χ0) is 16.1. The van der Waals surface area contributed by atoms with Gasteiger partial charge in [-0.2, -0.15) is 0 Å². The third-order valence-corrected chi connectivity index (χ3v) is 3.49. The van der Waals surface area contributed by atoms with Crippen molar-refractivity contribution in [3.63, 3.8) is 0 Å². The van der Waals surface area contributed by atoms with Crippen molar-refractivity contribution in [3.05, 3.63) is 62.1 Å². The standard InChI is InChI=1S/C15H12BrNO5/c1-21-12-4-2-3-10(5-12)9-22-15-13(16)6-11(8-18)7-14(15)17(19)20/h2-8H,9H2,1H3. The first-order valence-corrected chi connectivity index (χ1v) is 7.03. The van der Waals surface area contributed by atoms with Gasteiger partial charge in [0.2, 0.25) is 5.75 Å². The van der Waals surface area contributed by atoms with E-state index in [0.717, 1.165) is 5.56 Å². The fourth-order valence-corrected chi connectivity index (χ4v) is 2.45. The summed E-state index contributed by atoms with van der Waals surface area (Å²) in [6.07, 6.45) is 0.545. The van der Waals surface area contributed by atoms with Gasteiger partial charge in [0.05, 0.1) is 16.5 Å². The van der Waals surface area contributed by atoms with Crippen molar-refractivity contribution in [2.24, 2.45) is 0 Å². The number of benzene rings is 2. The zero-order valence-corrected chi connectivity index (χ0v) is 13.2. The molecule has 2 aromatic rings. The Morgan fingerprint density at radius 3 is 2.73 bits per heavy atom. The lowest BCUT2D eigenvalue weighted by Gasteiger charge is -2.10. The SMILES string of the molecule is COc1cccc(COc2c(Br)cc(C=O)cc2[N+](=O)[O-])c1. The Morgan fingerprint density at radius 2 is 2.09 bits per heavy atom. The molecule has 0 aliphatic heterocycles. The topological polar surface area (TPSA) is 78.7 Å². The molecule has 0 radical (unpaired) electrons. The number of rotatable bonds is 6. The number of nitro groups is 1. The van der Waals surface area contributed by atoms with Gasteiger partial charge in [-0.1, -0.05) is 12.1 Å². The highest BCUT2D eigenvalue weighted by Gasteiger charge is 2.20. The Hall–Kier alpha value is -2.41. The van der Waals surface area contributed by atoms with Crippen molar-refractivity contribution in [2.75, 3.05) is 7.11 Å². The third kappa shape index (κ3) is 3.62. The molecule has 0 fully saturated rings. The molecule has 0 saturated carbocycles. The van der Waals surface area contributed by atoms with Gasteiger partial charge in [0.25, 0.3) is 0 Å². The number of ether oxygens (including phenoxy) is 2. The summed E-state index contributed by atoms with van der Waals surface area (Å²) in [6.45, 7) is 0.136. The maximum absolute atomic E-state index is 11.1. The summed E-state index contributed by atoms with van der Waals surface area (Å²) in [5, 5.41) is 11.1. The van der Waals surface area contributed by atoms with Crippen molar-refractivity contribution >= 4 is 27.9 Å². The van der Waals surface area contributed by atoms with Crippen molar-refractivity contribution in [3.8, 4) is 11.5 Å². The van der Waals surface area contributed by atoms with E-state index in [-0.39, 0.29) is 23.6 Å². The number of nitrogens with zero attached hydrogens (tertiary/aromatic N) is 1. The lowest BCUT2D eigenvalue weighted by Crippen LogP contribution is -2.01. The summed E-state index contributed by atoms with van der Waals surface area (Å²) < 4.78 is 11.0. The highest BCUT2D eigenvalue weighted by molar-refractivity contribution is 9.10. The number of carbonyl (C=O) groups excluding carboxylic acids is 1. The van der Waals surface area contributed by atoms with Crippen LogP contribution < -0.4 is 9.47 Å². The van der Waals surface area contributed by atoms with Crippen molar-refractivity contribution in [1.82, 2.24) is 0 Å². The smallest absolute Gasteiger partial charge is 0.312 e. The van der Waals surface area contributed by atoms with Gasteiger partial charge in [0, 0.05) is 11.6 Å². The zero-order valence-electron chi connectivity index (χ0n) is 11.6. The maximum atomic E-state index is 11.1. The van der Waals surface area contributed by atoms with E-state index >= 15 is 0 Å². The molecule has 0 aliphatic rings. The maximum Gasteiger partial charge on any atom is 0.312 e. The predicted molar refractivity (Wildman–Crippen MR) is 83.5 cm³/mol. The van der Waals surface area contributed by atoms with Crippen LogP contribution in [-0.4, -0.2) is 18.3 Å². The summed E-state index contributed by atoms with van der Waals surface area (Å²) in [5.74, 6) is 0.754. The number of aldehydes is 1. The van der Waals surface area contributed by atoms with E-state index < -0.39 is 4.92 Å². The van der Waals surface area contributed by atoms with E-state index in [2.05, 4.69) is 15.9 Å². The Bertz CT molecular complexity index is 717. The molecular formula is C15H12BrNO5. The number of methoxy groups -OCH3 is 1. The molecule has 0 saturated heterocycles. The van der Waals surface area contributed by atoms with E-state index in [4.69, 9.17) is 9.47 Å². The van der Waals surface area contributed by atoms with Gasteiger partial charge in [-0.05, 0) is 39.7 Å². The number of hydrogen-bond acceptors (Lipinski definition) is 5. The molecule has 0 amide bonds. The minimum absolute atomic E-state index is 0.0819. The van der Waals surface area contributed by atoms with Gasteiger partial charge in [-0.15, -0.1) is 0 Å². The van der Waals surface area contributed by atoms with Crippen LogP contribution in [0.25, 0.3) is 0 Å². The average molecular weight is 366 g/mol. The van der Waals surface area contributed by atoms with Crippen molar-refractivity contribution in [1.29, 1.82) is 0 Å². The molecule has 0 N–H and O–H groups in total. The number of hydrogen-bond donors (Lipinski definition) is 0. The summed E-state index contributed by atoms with van der Waals surface area (Å²) in [4.78, 5) is 21.3. The molecule has 2 aromatic carbocycles. The second kappa shape index (κ2) is 7.04. The average Bonchev–Trinajstić information content (AvgIpc) is 2.53. The van der Waals surface area contributed by atoms with Crippen LogP contribution in [-0.2, 0) is 6.61 Å². The van der Waals surface area contributed by atoms with Gasteiger partial charge >= 0.3 is 5.69 Å². The lowest BCUT2D eigenvalue weighted by molar-refractivity contribution is -0.386. The molecule has 0 bridgehead atoms. The van der Waals surface area contributed by atoms with Gasteiger partial charge in [-0.3, -0.25) is 14.9 Å². The van der Waals surface area contributed by atoms with E-state index in [9.17, 15) is 14.9 Å². The van der Waals surface area contributed by atoms with Crippen molar-refractivity contribution < 1.29 is 19.2 Å². The van der Waals surface area contributed by atoms with E-state index in [0.29, 0.717) is 16.5 Å². The fraction of sp³-hybridized carbons (Fsp3) is 0.133.